The van der Waals surface area contributed by atoms with Crippen molar-refractivity contribution in [1.29, 1.82) is 0 Å². The molecule has 7 unspecified atom stereocenters. The first-order valence-corrected chi connectivity index (χ1v) is 12.6. The molecular formula is C27H35FO7. The van der Waals surface area contributed by atoms with Crippen LogP contribution < -0.4 is 0 Å². The van der Waals surface area contributed by atoms with E-state index in [0.29, 0.717) is 31.3 Å². The number of halogens is 1. The lowest BCUT2D eigenvalue weighted by atomic mass is 9.44. The van der Waals surface area contributed by atoms with Crippen molar-refractivity contribution < 1.29 is 38.1 Å². The molecule has 0 saturated heterocycles. The molecule has 3 saturated carbocycles. The van der Waals surface area contributed by atoms with Crippen molar-refractivity contribution in [2.45, 2.75) is 90.0 Å². The van der Waals surface area contributed by atoms with Gasteiger partial charge in [0.2, 0.25) is 5.78 Å². The first-order chi connectivity index (χ1) is 16.4. The summed E-state index contributed by atoms with van der Waals surface area (Å²) in [6.07, 6.45) is 5.05. The Morgan fingerprint density at radius 3 is 2.57 bits per heavy atom. The number of alkyl halides is 1. The number of ether oxygens (including phenoxy) is 2. The summed E-state index contributed by atoms with van der Waals surface area (Å²) >= 11 is 0. The van der Waals surface area contributed by atoms with Gasteiger partial charge in [-0.3, -0.25) is 19.2 Å². The van der Waals surface area contributed by atoms with Crippen LogP contribution >= 0.6 is 0 Å². The molecule has 8 heteroatoms. The Morgan fingerprint density at radius 2 is 1.91 bits per heavy atom. The maximum Gasteiger partial charge on any atom is 0.306 e. The van der Waals surface area contributed by atoms with E-state index in [0.717, 1.165) is 0 Å². The lowest BCUT2D eigenvalue weighted by Gasteiger charge is -2.62. The first-order valence-electron chi connectivity index (χ1n) is 12.6. The van der Waals surface area contributed by atoms with Gasteiger partial charge in [0.1, 0.15) is 0 Å². The van der Waals surface area contributed by atoms with E-state index in [1.807, 2.05) is 6.92 Å². The highest BCUT2D eigenvalue weighted by molar-refractivity contribution is 6.01. The highest BCUT2D eigenvalue weighted by Gasteiger charge is 2.75. The summed E-state index contributed by atoms with van der Waals surface area (Å²) in [4.78, 5) is 49.7. The zero-order valence-electron chi connectivity index (χ0n) is 20.9. The van der Waals surface area contributed by atoms with Crippen LogP contribution in [0.2, 0.25) is 0 Å². The molecule has 192 valence electrons. The third-order valence-corrected chi connectivity index (χ3v) is 9.36. The minimum atomic E-state index is -2.04. The van der Waals surface area contributed by atoms with Crippen molar-refractivity contribution in [3.05, 3.63) is 23.8 Å². The average molecular weight is 491 g/mol. The molecule has 0 heterocycles. The van der Waals surface area contributed by atoms with E-state index in [4.69, 9.17) is 9.47 Å². The zero-order chi connectivity index (χ0) is 25.8. The highest BCUT2D eigenvalue weighted by atomic mass is 19.1. The number of rotatable bonds is 6. The summed E-state index contributed by atoms with van der Waals surface area (Å²) in [6.45, 7) is 6.00. The smallest absolute Gasteiger partial charge is 0.306 e. The number of hydrogen-bond donors (Lipinski definition) is 1. The molecule has 0 aromatic carbocycles. The van der Waals surface area contributed by atoms with Crippen LogP contribution in [0.3, 0.4) is 0 Å². The highest BCUT2D eigenvalue weighted by Crippen LogP contribution is 2.70. The quantitative estimate of drug-likeness (QED) is 0.567. The van der Waals surface area contributed by atoms with Crippen LogP contribution in [0, 0.1) is 22.7 Å². The molecule has 0 aromatic heterocycles. The molecule has 1 N–H and O–H groups in total. The van der Waals surface area contributed by atoms with Gasteiger partial charge in [0.05, 0.1) is 6.10 Å². The van der Waals surface area contributed by atoms with Crippen molar-refractivity contribution in [1.82, 2.24) is 0 Å². The number of fused-ring (bicyclic) bond motifs is 5. The SMILES string of the molecule is CCCC(=O)OC1(C(=O)COC(C)=O)CCC2C3CCC4=CC(=O)C=CC4(C)C3(F)C(O)CC21C. The van der Waals surface area contributed by atoms with E-state index in [1.165, 1.54) is 19.1 Å². The summed E-state index contributed by atoms with van der Waals surface area (Å²) in [5.74, 6) is -2.84. The Hall–Kier alpha value is -2.35. The van der Waals surface area contributed by atoms with E-state index in [2.05, 4.69) is 0 Å². The third kappa shape index (κ3) is 3.54. The van der Waals surface area contributed by atoms with Crippen molar-refractivity contribution in [3.63, 3.8) is 0 Å². The van der Waals surface area contributed by atoms with E-state index in [1.54, 1.807) is 19.9 Å². The second-order valence-electron chi connectivity index (χ2n) is 11.1. The fourth-order valence-electron chi connectivity index (χ4n) is 7.61. The second-order valence-corrected chi connectivity index (χ2v) is 11.1. The Kier molecular flexibility index (Phi) is 6.36. The minimum Gasteiger partial charge on any atom is -0.458 e. The van der Waals surface area contributed by atoms with Crippen LogP contribution in [0.25, 0.3) is 0 Å². The van der Waals surface area contributed by atoms with E-state index < -0.39 is 58.5 Å². The normalized spacial score (nSPS) is 41.8. The summed E-state index contributed by atoms with van der Waals surface area (Å²) in [6, 6.07) is 0. The topological polar surface area (TPSA) is 107 Å². The van der Waals surface area contributed by atoms with Crippen molar-refractivity contribution in [2.75, 3.05) is 6.61 Å². The van der Waals surface area contributed by atoms with E-state index >= 15 is 4.39 Å². The van der Waals surface area contributed by atoms with Crippen LogP contribution in [0.1, 0.15) is 72.6 Å². The largest absolute Gasteiger partial charge is 0.458 e. The number of hydrogen-bond acceptors (Lipinski definition) is 7. The van der Waals surface area contributed by atoms with Crippen LogP contribution in [-0.4, -0.2) is 52.6 Å². The second kappa shape index (κ2) is 8.64. The van der Waals surface area contributed by atoms with Gasteiger partial charge in [0.15, 0.2) is 23.7 Å². The van der Waals surface area contributed by atoms with Gasteiger partial charge >= 0.3 is 11.9 Å². The number of carbonyl (C=O) groups excluding carboxylic acids is 4. The van der Waals surface area contributed by atoms with Gasteiger partial charge < -0.3 is 14.6 Å². The molecule has 4 aliphatic carbocycles. The van der Waals surface area contributed by atoms with Crippen LogP contribution in [0.4, 0.5) is 4.39 Å². The predicted molar refractivity (Wildman–Crippen MR) is 124 cm³/mol. The van der Waals surface area contributed by atoms with Gasteiger partial charge in [-0.1, -0.05) is 25.5 Å². The lowest BCUT2D eigenvalue weighted by Crippen LogP contribution is -2.69. The standard InChI is InChI=1S/C27H35FO7/c1-5-6-23(33)35-26(22(32)15-34-16(2)29)12-10-19-20-8-7-17-13-18(30)9-11-24(17,3)27(20,28)21(31)14-25(19,26)4/h9,11,13,19-21,31H,5-8,10,12,14-15H2,1-4H3. The minimum absolute atomic E-state index is 0.0967. The number of ketones is 2. The number of esters is 2. The number of allylic oxidation sites excluding steroid dienone is 4. The van der Waals surface area contributed by atoms with E-state index in [9.17, 15) is 24.3 Å². The van der Waals surface area contributed by atoms with Crippen LogP contribution in [-0.2, 0) is 28.7 Å². The van der Waals surface area contributed by atoms with Crippen LogP contribution in [0.15, 0.2) is 23.8 Å². The van der Waals surface area contributed by atoms with Gasteiger partial charge in [0.25, 0.3) is 0 Å². The summed E-state index contributed by atoms with van der Waals surface area (Å²) in [7, 11) is 0. The number of Topliss-reactive ketones (excluding diaryl/α,β-unsaturated/α-hetero) is 1. The summed E-state index contributed by atoms with van der Waals surface area (Å²) < 4.78 is 28.2. The molecule has 0 bridgehead atoms. The molecular weight excluding hydrogens is 455 g/mol. The van der Waals surface area contributed by atoms with Gasteiger partial charge in [-0.25, -0.2) is 4.39 Å². The van der Waals surface area contributed by atoms with Crippen molar-refractivity contribution >= 4 is 23.5 Å². The number of aliphatic hydroxyl groups excluding tert-OH is 1. The molecule has 0 radical (unpaired) electrons. The average Bonchev–Trinajstić information content (AvgIpc) is 3.06. The maximum atomic E-state index is 17.2. The summed E-state index contributed by atoms with van der Waals surface area (Å²) in [5.41, 5.74) is -5.16. The van der Waals surface area contributed by atoms with Gasteiger partial charge in [0, 0.05) is 30.1 Å². The van der Waals surface area contributed by atoms with Crippen molar-refractivity contribution in [2.24, 2.45) is 22.7 Å². The lowest BCUT2D eigenvalue weighted by molar-refractivity contribution is -0.225. The Balaban J connectivity index is 1.77. The van der Waals surface area contributed by atoms with E-state index in [-0.39, 0.29) is 31.0 Å². The molecule has 35 heavy (non-hydrogen) atoms. The summed E-state index contributed by atoms with van der Waals surface area (Å²) in [5, 5.41) is 11.5. The van der Waals surface area contributed by atoms with Gasteiger partial charge in [-0.15, -0.1) is 0 Å². The van der Waals surface area contributed by atoms with Gasteiger partial charge in [-0.2, -0.15) is 0 Å². The molecule has 0 aromatic rings. The molecule has 0 aliphatic heterocycles. The third-order valence-electron chi connectivity index (χ3n) is 9.36. The Morgan fingerprint density at radius 1 is 1.20 bits per heavy atom. The zero-order valence-corrected chi connectivity index (χ0v) is 20.9. The first kappa shape index (κ1) is 25.7. The van der Waals surface area contributed by atoms with Gasteiger partial charge in [-0.05, 0) is 63.5 Å². The fraction of sp³-hybridized carbons (Fsp3) is 0.704. The predicted octanol–water partition coefficient (Wildman–Crippen LogP) is 3.57. The molecule has 0 amide bonds. The molecule has 0 spiro atoms. The molecule has 4 aliphatic rings. The van der Waals surface area contributed by atoms with Crippen LogP contribution in [0.5, 0.6) is 0 Å². The monoisotopic (exact) mass is 490 g/mol. The maximum absolute atomic E-state index is 17.2. The molecule has 4 rings (SSSR count). The number of aliphatic hydroxyl groups is 1. The fourth-order valence-corrected chi connectivity index (χ4v) is 7.61. The van der Waals surface area contributed by atoms with Crippen molar-refractivity contribution in [3.8, 4) is 0 Å². The molecule has 7 nitrogen and oxygen atoms in total. The molecule has 7 atom stereocenters. The Labute approximate surface area is 205 Å². The Bertz CT molecular complexity index is 1020. The number of carbonyl (C=O) groups is 4. The molecule has 3 fully saturated rings.